The largest absolute Gasteiger partial charge is 0.324 e. The van der Waals surface area contributed by atoms with Gasteiger partial charge in [0.15, 0.2) is 0 Å². The maximum atomic E-state index is 12.2. The van der Waals surface area contributed by atoms with Crippen molar-refractivity contribution < 1.29 is 4.79 Å². The quantitative estimate of drug-likeness (QED) is 0.773. The summed E-state index contributed by atoms with van der Waals surface area (Å²) in [5.41, 5.74) is 7.50. The van der Waals surface area contributed by atoms with Crippen LogP contribution in [0.15, 0.2) is 67.0 Å². The van der Waals surface area contributed by atoms with Gasteiger partial charge in [-0.25, -0.2) is 0 Å². The van der Waals surface area contributed by atoms with E-state index in [1.165, 1.54) is 0 Å². The van der Waals surface area contributed by atoms with Crippen LogP contribution in [-0.4, -0.2) is 10.9 Å². The van der Waals surface area contributed by atoms with Crippen LogP contribution in [0.5, 0.6) is 0 Å². The van der Waals surface area contributed by atoms with E-state index in [1.807, 2.05) is 54.6 Å². The number of nitrogens with two attached hydrogens (primary N) is 1. The van der Waals surface area contributed by atoms with Crippen LogP contribution < -0.4 is 11.1 Å². The molecule has 2 aromatic carbocycles. The number of carbonyl (C=O) groups excluding carboxylic acids is 1. The summed E-state index contributed by atoms with van der Waals surface area (Å²) in [4.78, 5) is 16.3. The predicted octanol–water partition coefficient (Wildman–Crippen LogP) is 2.87. The summed E-state index contributed by atoms with van der Waals surface area (Å²) in [6, 6.07) is 16.2. The molecule has 0 saturated heterocycles. The number of aromatic nitrogens is 1. The zero-order valence-corrected chi connectivity index (χ0v) is 11.4. The van der Waals surface area contributed by atoms with E-state index < -0.39 is 6.04 Å². The lowest BCUT2D eigenvalue weighted by Crippen LogP contribution is -2.27. The van der Waals surface area contributed by atoms with Crippen molar-refractivity contribution in [3.05, 3.63) is 72.6 Å². The fraction of sp³-hybridized carbons (Fsp3) is 0.0588. The summed E-state index contributed by atoms with van der Waals surface area (Å²) in [6.45, 7) is 0. The number of hydrogen-bond acceptors (Lipinski definition) is 3. The summed E-state index contributed by atoms with van der Waals surface area (Å²) in [6.07, 6.45) is 3.51. The lowest BCUT2D eigenvalue weighted by atomic mass is 10.1. The number of anilines is 1. The molecular weight excluding hydrogens is 262 g/mol. The number of fused-ring (bicyclic) bond motifs is 1. The van der Waals surface area contributed by atoms with Crippen molar-refractivity contribution in [3.8, 4) is 0 Å². The van der Waals surface area contributed by atoms with Crippen molar-refractivity contribution in [1.82, 2.24) is 4.98 Å². The first-order valence-electron chi connectivity index (χ1n) is 6.69. The van der Waals surface area contributed by atoms with Crippen molar-refractivity contribution >= 4 is 22.4 Å². The molecule has 1 amide bonds. The Morgan fingerprint density at radius 2 is 1.86 bits per heavy atom. The second-order valence-electron chi connectivity index (χ2n) is 4.82. The first-order chi connectivity index (χ1) is 10.2. The van der Waals surface area contributed by atoms with Crippen LogP contribution in [0.2, 0.25) is 0 Å². The molecule has 0 fully saturated rings. The summed E-state index contributed by atoms with van der Waals surface area (Å²) in [5, 5.41) is 4.90. The molecule has 1 aromatic heterocycles. The maximum absolute atomic E-state index is 12.2. The number of hydrogen-bond donors (Lipinski definition) is 2. The van der Waals surface area contributed by atoms with Crippen molar-refractivity contribution in [2.45, 2.75) is 6.04 Å². The van der Waals surface area contributed by atoms with E-state index in [-0.39, 0.29) is 5.91 Å². The molecule has 0 spiro atoms. The summed E-state index contributed by atoms with van der Waals surface area (Å²) >= 11 is 0. The van der Waals surface area contributed by atoms with Crippen LogP contribution in [0, 0.1) is 0 Å². The Balaban J connectivity index is 1.80. The average molecular weight is 277 g/mol. The van der Waals surface area contributed by atoms with Gasteiger partial charge in [0.05, 0.1) is 0 Å². The third-order valence-corrected chi connectivity index (χ3v) is 3.35. The highest BCUT2D eigenvalue weighted by Crippen LogP contribution is 2.19. The van der Waals surface area contributed by atoms with Crippen LogP contribution >= 0.6 is 0 Å². The molecule has 0 radical (unpaired) electrons. The molecule has 0 aliphatic heterocycles. The number of carbonyl (C=O) groups is 1. The molecule has 0 aliphatic carbocycles. The topological polar surface area (TPSA) is 68.0 Å². The SMILES string of the molecule is N[C@H](C(=O)Nc1ccc2cnccc2c1)c1ccccc1. The summed E-state index contributed by atoms with van der Waals surface area (Å²) < 4.78 is 0. The van der Waals surface area contributed by atoms with Gasteiger partial charge in [0, 0.05) is 23.5 Å². The van der Waals surface area contributed by atoms with E-state index in [0.717, 1.165) is 22.0 Å². The van der Waals surface area contributed by atoms with Gasteiger partial charge in [0.1, 0.15) is 6.04 Å². The minimum absolute atomic E-state index is 0.227. The van der Waals surface area contributed by atoms with Gasteiger partial charge in [0.2, 0.25) is 5.91 Å². The molecule has 0 saturated carbocycles. The minimum atomic E-state index is -0.681. The van der Waals surface area contributed by atoms with Gasteiger partial charge in [-0.1, -0.05) is 36.4 Å². The molecule has 4 heteroatoms. The number of amides is 1. The second-order valence-corrected chi connectivity index (χ2v) is 4.82. The van der Waals surface area contributed by atoms with Crippen molar-refractivity contribution in [3.63, 3.8) is 0 Å². The molecule has 21 heavy (non-hydrogen) atoms. The van der Waals surface area contributed by atoms with Gasteiger partial charge in [-0.2, -0.15) is 0 Å². The van der Waals surface area contributed by atoms with Crippen molar-refractivity contribution in [1.29, 1.82) is 0 Å². The molecule has 0 bridgehead atoms. The van der Waals surface area contributed by atoms with Gasteiger partial charge >= 0.3 is 0 Å². The van der Waals surface area contributed by atoms with Gasteiger partial charge in [-0.15, -0.1) is 0 Å². The monoisotopic (exact) mass is 277 g/mol. The Morgan fingerprint density at radius 3 is 2.67 bits per heavy atom. The molecule has 3 N–H and O–H groups in total. The van der Waals surface area contributed by atoms with E-state index in [9.17, 15) is 4.79 Å². The first kappa shape index (κ1) is 13.3. The number of nitrogens with zero attached hydrogens (tertiary/aromatic N) is 1. The van der Waals surface area contributed by atoms with E-state index in [0.29, 0.717) is 0 Å². The third kappa shape index (κ3) is 2.90. The Hall–Kier alpha value is -2.72. The van der Waals surface area contributed by atoms with E-state index >= 15 is 0 Å². The predicted molar refractivity (Wildman–Crippen MR) is 83.7 cm³/mol. The highest BCUT2D eigenvalue weighted by Gasteiger charge is 2.15. The van der Waals surface area contributed by atoms with E-state index in [4.69, 9.17) is 5.73 Å². The second kappa shape index (κ2) is 5.73. The fourth-order valence-corrected chi connectivity index (χ4v) is 2.19. The fourth-order valence-electron chi connectivity index (χ4n) is 2.19. The number of pyridine rings is 1. The molecular formula is C17H15N3O. The normalized spacial score (nSPS) is 12.0. The summed E-state index contributed by atoms with van der Waals surface area (Å²) in [7, 11) is 0. The molecule has 3 rings (SSSR count). The van der Waals surface area contributed by atoms with Crippen LogP contribution in [0.25, 0.3) is 10.8 Å². The van der Waals surface area contributed by atoms with E-state index in [1.54, 1.807) is 12.4 Å². The van der Waals surface area contributed by atoms with Gasteiger partial charge in [-0.05, 0) is 29.1 Å². The van der Waals surface area contributed by atoms with Crippen LogP contribution in [0.1, 0.15) is 11.6 Å². The number of nitrogens with one attached hydrogen (secondary N) is 1. The smallest absolute Gasteiger partial charge is 0.245 e. The highest BCUT2D eigenvalue weighted by molar-refractivity contribution is 5.97. The molecule has 1 atom stereocenters. The lowest BCUT2D eigenvalue weighted by molar-refractivity contribution is -0.117. The van der Waals surface area contributed by atoms with Crippen LogP contribution in [0.3, 0.4) is 0 Å². The molecule has 0 unspecified atom stereocenters. The Kier molecular flexibility index (Phi) is 3.62. The van der Waals surface area contributed by atoms with Crippen molar-refractivity contribution in [2.24, 2.45) is 5.73 Å². The lowest BCUT2D eigenvalue weighted by Gasteiger charge is -2.13. The number of benzene rings is 2. The molecule has 4 nitrogen and oxygen atoms in total. The molecule has 1 heterocycles. The van der Waals surface area contributed by atoms with E-state index in [2.05, 4.69) is 10.3 Å². The standard InChI is InChI=1S/C17H15N3O/c18-16(12-4-2-1-3-5-12)17(21)20-15-7-6-14-11-19-9-8-13(14)10-15/h1-11,16H,18H2,(H,20,21)/t16-/m0/s1. The Labute approximate surface area is 122 Å². The molecule has 104 valence electrons. The third-order valence-electron chi connectivity index (χ3n) is 3.35. The maximum Gasteiger partial charge on any atom is 0.245 e. The number of rotatable bonds is 3. The van der Waals surface area contributed by atoms with Crippen LogP contribution in [-0.2, 0) is 4.79 Å². The zero-order chi connectivity index (χ0) is 14.7. The highest BCUT2D eigenvalue weighted by atomic mass is 16.2. The summed E-state index contributed by atoms with van der Waals surface area (Å²) in [5.74, 6) is -0.227. The first-order valence-corrected chi connectivity index (χ1v) is 6.69. The Morgan fingerprint density at radius 1 is 1.05 bits per heavy atom. The Bertz CT molecular complexity index is 771. The zero-order valence-electron chi connectivity index (χ0n) is 11.4. The van der Waals surface area contributed by atoms with Crippen LogP contribution in [0.4, 0.5) is 5.69 Å². The molecule has 0 aliphatic rings. The van der Waals surface area contributed by atoms with Gasteiger partial charge in [0.25, 0.3) is 0 Å². The van der Waals surface area contributed by atoms with Crippen molar-refractivity contribution in [2.75, 3.05) is 5.32 Å². The molecule has 3 aromatic rings. The van der Waals surface area contributed by atoms with Gasteiger partial charge < -0.3 is 11.1 Å². The minimum Gasteiger partial charge on any atom is -0.324 e. The van der Waals surface area contributed by atoms with Gasteiger partial charge in [-0.3, -0.25) is 9.78 Å². The average Bonchev–Trinajstić information content (AvgIpc) is 2.55.